The highest BCUT2D eigenvalue weighted by Crippen LogP contribution is 2.21. The van der Waals surface area contributed by atoms with Gasteiger partial charge in [0, 0.05) is 25.4 Å². The molecule has 6 nitrogen and oxygen atoms in total. The van der Waals surface area contributed by atoms with Gasteiger partial charge >= 0.3 is 10.2 Å². The molecule has 1 aromatic heterocycles. The normalized spacial score (nSPS) is 18.1. The van der Waals surface area contributed by atoms with E-state index in [1.807, 2.05) is 6.92 Å². The van der Waals surface area contributed by atoms with Crippen LogP contribution in [-0.2, 0) is 10.2 Å². The first-order valence-corrected chi connectivity index (χ1v) is 8.19. The number of aliphatic hydroxyl groups excluding tert-OH is 1. The average Bonchev–Trinajstić information content (AvgIpc) is 2.42. The Hall–Kier alpha value is -1.18. The minimum absolute atomic E-state index is 0.127. The fraction of sp³-hybridized carbons (Fsp3) is 0.615. The first kappa shape index (κ1) is 15.2. The minimum atomic E-state index is -3.54. The molecule has 0 amide bonds. The minimum Gasteiger partial charge on any atom is -0.396 e. The van der Waals surface area contributed by atoms with Gasteiger partial charge in [-0.05, 0) is 44.7 Å². The largest absolute Gasteiger partial charge is 0.396 e. The summed E-state index contributed by atoms with van der Waals surface area (Å²) in [6.07, 6.45) is 1.39. The van der Waals surface area contributed by atoms with E-state index in [1.165, 1.54) is 4.31 Å². The summed E-state index contributed by atoms with van der Waals surface area (Å²) in [6.45, 7) is 4.66. The Balaban J connectivity index is 2.08. The zero-order chi connectivity index (χ0) is 14.8. The second-order valence-corrected chi connectivity index (χ2v) is 6.89. The van der Waals surface area contributed by atoms with Crippen LogP contribution in [0.4, 0.5) is 5.69 Å². The molecule has 0 bridgehead atoms. The van der Waals surface area contributed by atoms with Gasteiger partial charge in [-0.3, -0.25) is 9.71 Å². The van der Waals surface area contributed by atoms with Gasteiger partial charge < -0.3 is 5.11 Å². The number of pyridine rings is 1. The van der Waals surface area contributed by atoms with Gasteiger partial charge in [0.2, 0.25) is 0 Å². The molecule has 1 saturated heterocycles. The number of aliphatic hydroxyl groups is 1. The molecule has 2 rings (SSSR count). The standard InChI is InChI=1S/C13H21N3O3S/c1-10-3-4-13(11(2)14-10)15-20(18,19)16-7-5-12(9-17)6-8-16/h3-4,12,15,17H,5-9H2,1-2H3. The van der Waals surface area contributed by atoms with Gasteiger partial charge in [0.25, 0.3) is 0 Å². The van der Waals surface area contributed by atoms with Crippen LogP contribution in [0, 0.1) is 19.8 Å². The van der Waals surface area contributed by atoms with E-state index in [4.69, 9.17) is 5.11 Å². The lowest BCUT2D eigenvalue weighted by Crippen LogP contribution is -2.42. The van der Waals surface area contributed by atoms with Crippen LogP contribution >= 0.6 is 0 Å². The molecule has 0 atom stereocenters. The van der Waals surface area contributed by atoms with Crippen molar-refractivity contribution >= 4 is 15.9 Å². The van der Waals surface area contributed by atoms with Crippen molar-refractivity contribution < 1.29 is 13.5 Å². The molecule has 0 radical (unpaired) electrons. The summed E-state index contributed by atoms with van der Waals surface area (Å²) < 4.78 is 28.6. The van der Waals surface area contributed by atoms with Crippen LogP contribution in [0.15, 0.2) is 12.1 Å². The van der Waals surface area contributed by atoms with Crippen LogP contribution in [0.2, 0.25) is 0 Å². The predicted octanol–water partition coefficient (Wildman–Crippen LogP) is 1.06. The lowest BCUT2D eigenvalue weighted by Gasteiger charge is -2.30. The smallest absolute Gasteiger partial charge is 0.301 e. The molecule has 112 valence electrons. The maximum atomic E-state index is 12.3. The molecule has 1 aromatic rings. The van der Waals surface area contributed by atoms with Crippen molar-refractivity contribution in [2.75, 3.05) is 24.4 Å². The van der Waals surface area contributed by atoms with E-state index in [0.717, 1.165) is 5.69 Å². The lowest BCUT2D eigenvalue weighted by atomic mass is 10.00. The molecule has 1 fully saturated rings. The molecule has 7 heteroatoms. The predicted molar refractivity (Wildman–Crippen MR) is 77.6 cm³/mol. The Morgan fingerprint density at radius 3 is 2.55 bits per heavy atom. The summed E-state index contributed by atoms with van der Waals surface area (Å²) in [7, 11) is -3.54. The van der Waals surface area contributed by atoms with E-state index in [1.54, 1.807) is 19.1 Å². The van der Waals surface area contributed by atoms with Crippen molar-refractivity contribution in [1.29, 1.82) is 0 Å². The van der Waals surface area contributed by atoms with Crippen LogP contribution < -0.4 is 4.72 Å². The molecule has 0 spiro atoms. The number of rotatable bonds is 4. The van der Waals surface area contributed by atoms with Crippen molar-refractivity contribution in [3.05, 3.63) is 23.5 Å². The van der Waals surface area contributed by atoms with Gasteiger partial charge in [-0.2, -0.15) is 12.7 Å². The number of aryl methyl sites for hydroxylation is 2. The third kappa shape index (κ3) is 3.47. The number of nitrogens with zero attached hydrogens (tertiary/aromatic N) is 2. The molecule has 0 saturated carbocycles. The first-order valence-electron chi connectivity index (χ1n) is 6.75. The molecular weight excluding hydrogens is 278 g/mol. The first-order chi connectivity index (χ1) is 9.42. The number of hydrogen-bond acceptors (Lipinski definition) is 4. The maximum Gasteiger partial charge on any atom is 0.301 e. The lowest BCUT2D eigenvalue weighted by molar-refractivity contribution is 0.170. The Morgan fingerprint density at radius 1 is 1.35 bits per heavy atom. The molecule has 2 N–H and O–H groups in total. The third-order valence-corrected chi connectivity index (χ3v) is 5.16. The molecule has 1 aliphatic rings. The van der Waals surface area contributed by atoms with E-state index in [0.29, 0.717) is 37.3 Å². The van der Waals surface area contributed by atoms with E-state index in [2.05, 4.69) is 9.71 Å². The Kier molecular flexibility index (Phi) is 4.62. The number of piperidine rings is 1. The molecule has 0 unspecified atom stereocenters. The summed E-state index contributed by atoms with van der Waals surface area (Å²) in [5, 5.41) is 9.09. The Morgan fingerprint density at radius 2 is 2.00 bits per heavy atom. The van der Waals surface area contributed by atoms with Crippen molar-refractivity contribution in [2.45, 2.75) is 26.7 Å². The number of hydrogen-bond donors (Lipinski definition) is 2. The van der Waals surface area contributed by atoms with Crippen LogP contribution in [0.1, 0.15) is 24.2 Å². The van der Waals surface area contributed by atoms with Crippen molar-refractivity contribution in [1.82, 2.24) is 9.29 Å². The quantitative estimate of drug-likeness (QED) is 0.871. The third-order valence-electron chi connectivity index (χ3n) is 3.64. The Bertz CT molecular complexity index is 566. The van der Waals surface area contributed by atoms with Gasteiger partial charge in [0.05, 0.1) is 11.4 Å². The van der Waals surface area contributed by atoms with E-state index < -0.39 is 10.2 Å². The van der Waals surface area contributed by atoms with Crippen LogP contribution in [0.5, 0.6) is 0 Å². The zero-order valence-electron chi connectivity index (χ0n) is 11.8. The van der Waals surface area contributed by atoms with Gasteiger partial charge in [0.15, 0.2) is 0 Å². The molecule has 2 heterocycles. The highest BCUT2D eigenvalue weighted by molar-refractivity contribution is 7.90. The molecule has 20 heavy (non-hydrogen) atoms. The summed E-state index contributed by atoms with van der Waals surface area (Å²) in [5.41, 5.74) is 2.04. The van der Waals surface area contributed by atoms with Crippen molar-refractivity contribution in [3.8, 4) is 0 Å². The van der Waals surface area contributed by atoms with Gasteiger partial charge in [-0.25, -0.2) is 0 Å². The second-order valence-electron chi connectivity index (χ2n) is 5.22. The summed E-state index contributed by atoms with van der Waals surface area (Å²) in [5.74, 6) is 0.212. The second kappa shape index (κ2) is 6.07. The van der Waals surface area contributed by atoms with Crippen molar-refractivity contribution in [3.63, 3.8) is 0 Å². The molecule has 0 aromatic carbocycles. The molecular formula is C13H21N3O3S. The van der Waals surface area contributed by atoms with Gasteiger partial charge in [-0.1, -0.05) is 0 Å². The van der Waals surface area contributed by atoms with E-state index >= 15 is 0 Å². The average molecular weight is 299 g/mol. The summed E-state index contributed by atoms with van der Waals surface area (Å²) in [4.78, 5) is 4.25. The van der Waals surface area contributed by atoms with Crippen LogP contribution in [0.25, 0.3) is 0 Å². The van der Waals surface area contributed by atoms with Crippen molar-refractivity contribution in [2.24, 2.45) is 5.92 Å². The van der Waals surface area contributed by atoms with E-state index in [-0.39, 0.29) is 12.5 Å². The summed E-state index contributed by atoms with van der Waals surface area (Å²) >= 11 is 0. The summed E-state index contributed by atoms with van der Waals surface area (Å²) in [6, 6.07) is 3.51. The number of aromatic nitrogens is 1. The molecule has 1 aliphatic heterocycles. The fourth-order valence-electron chi connectivity index (χ4n) is 2.33. The SMILES string of the molecule is Cc1ccc(NS(=O)(=O)N2CCC(CO)CC2)c(C)n1. The highest BCUT2D eigenvalue weighted by Gasteiger charge is 2.28. The van der Waals surface area contributed by atoms with E-state index in [9.17, 15) is 8.42 Å². The van der Waals surface area contributed by atoms with Gasteiger partial charge in [0.1, 0.15) is 0 Å². The maximum absolute atomic E-state index is 12.3. The highest BCUT2D eigenvalue weighted by atomic mass is 32.2. The van der Waals surface area contributed by atoms with Crippen LogP contribution in [-0.4, -0.2) is 42.5 Å². The number of anilines is 1. The monoisotopic (exact) mass is 299 g/mol. The topological polar surface area (TPSA) is 82.5 Å². The Labute approximate surface area is 120 Å². The molecule has 0 aliphatic carbocycles. The zero-order valence-corrected chi connectivity index (χ0v) is 12.7. The fourth-order valence-corrected chi connectivity index (χ4v) is 3.64. The van der Waals surface area contributed by atoms with Crippen LogP contribution in [0.3, 0.4) is 0 Å². The number of nitrogens with one attached hydrogen (secondary N) is 1. The van der Waals surface area contributed by atoms with Gasteiger partial charge in [-0.15, -0.1) is 0 Å².